The van der Waals surface area contributed by atoms with Crippen LogP contribution in [0.2, 0.25) is 0 Å². The lowest BCUT2D eigenvalue weighted by Crippen LogP contribution is -2.32. The molecule has 0 aliphatic heterocycles. The Bertz CT molecular complexity index is 362. The fourth-order valence-corrected chi connectivity index (χ4v) is 1.22. The van der Waals surface area contributed by atoms with E-state index in [4.69, 9.17) is 12.2 Å². The van der Waals surface area contributed by atoms with Crippen molar-refractivity contribution in [2.75, 3.05) is 6.54 Å². The molecule has 0 aliphatic rings. The van der Waals surface area contributed by atoms with Crippen molar-refractivity contribution in [3.63, 3.8) is 0 Å². The van der Waals surface area contributed by atoms with Gasteiger partial charge in [0.05, 0.1) is 5.71 Å². The average Bonchev–Trinajstić information content (AvgIpc) is 2.34. The molecule has 1 aromatic heterocycles. The van der Waals surface area contributed by atoms with E-state index in [2.05, 4.69) is 27.8 Å². The number of nitrogens with one attached hydrogen (secondary N) is 2. The molecule has 0 unspecified atom stereocenters. The maximum atomic E-state index is 5.05. The van der Waals surface area contributed by atoms with E-state index in [1.807, 2.05) is 19.1 Å². The summed E-state index contributed by atoms with van der Waals surface area (Å²) in [5.41, 5.74) is 4.71. The summed E-state index contributed by atoms with van der Waals surface area (Å²) in [6.07, 6.45) is 4.51. The van der Waals surface area contributed by atoms with Gasteiger partial charge in [-0.2, -0.15) is 5.10 Å². The van der Waals surface area contributed by atoms with Crippen LogP contribution >= 0.6 is 12.2 Å². The summed E-state index contributed by atoms with van der Waals surface area (Å²) < 4.78 is 0. The van der Waals surface area contributed by atoms with Crippen LogP contribution in [0.15, 0.2) is 29.6 Å². The minimum atomic E-state index is 0.551. The van der Waals surface area contributed by atoms with Crippen molar-refractivity contribution in [1.29, 1.82) is 0 Å². The molecule has 16 heavy (non-hydrogen) atoms. The summed E-state index contributed by atoms with van der Waals surface area (Å²) in [5.74, 6) is 0. The highest BCUT2D eigenvalue weighted by Gasteiger charge is 1.96. The van der Waals surface area contributed by atoms with Gasteiger partial charge in [0.25, 0.3) is 0 Å². The van der Waals surface area contributed by atoms with E-state index in [0.29, 0.717) is 5.11 Å². The molecule has 1 heterocycles. The van der Waals surface area contributed by atoms with Gasteiger partial charge in [-0.3, -0.25) is 10.4 Å². The standard InChI is InChI=1S/C11H16N4S/c1-3-6-13-11(16)15-14-9(2)10-4-7-12-8-5-10/h4-5,7-8H,3,6H2,1-2H3,(H2,13,15,16)/b14-9+. The third-order valence-electron chi connectivity index (χ3n) is 1.96. The highest BCUT2D eigenvalue weighted by atomic mass is 32.1. The number of pyridine rings is 1. The van der Waals surface area contributed by atoms with Crippen molar-refractivity contribution in [1.82, 2.24) is 15.7 Å². The molecule has 0 bridgehead atoms. The molecule has 0 atom stereocenters. The molecular weight excluding hydrogens is 220 g/mol. The summed E-state index contributed by atoms with van der Waals surface area (Å²) in [6.45, 7) is 4.86. The quantitative estimate of drug-likeness (QED) is 0.474. The van der Waals surface area contributed by atoms with Gasteiger partial charge < -0.3 is 5.32 Å². The van der Waals surface area contributed by atoms with E-state index in [1.54, 1.807) is 12.4 Å². The first-order chi connectivity index (χ1) is 7.74. The van der Waals surface area contributed by atoms with Crippen LogP contribution in [0.4, 0.5) is 0 Å². The molecule has 0 saturated carbocycles. The highest BCUT2D eigenvalue weighted by molar-refractivity contribution is 7.80. The molecule has 4 nitrogen and oxygen atoms in total. The van der Waals surface area contributed by atoms with Crippen molar-refractivity contribution in [2.24, 2.45) is 5.10 Å². The van der Waals surface area contributed by atoms with Crippen LogP contribution in [-0.4, -0.2) is 22.4 Å². The molecule has 0 aliphatic carbocycles. The Morgan fingerprint density at radius 3 is 2.75 bits per heavy atom. The molecular formula is C11H16N4S. The predicted molar refractivity (Wildman–Crippen MR) is 70.5 cm³/mol. The Morgan fingerprint density at radius 2 is 2.12 bits per heavy atom. The average molecular weight is 236 g/mol. The second-order valence-electron chi connectivity index (χ2n) is 3.30. The topological polar surface area (TPSA) is 49.3 Å². The summed E-state index contributed by atoms with van der Waals surface area (Å²) in [4.78, 5) is 3.95. The highest BCUT2D eigenvalue weighted by Crippen LogP contribution is 1.97. The van der Waals surface area contributed by atoms with Crippen LogP contribution in [0.25, 0.3) is 0 Å². The van der Waals surface area contributed by atoms with Gasteiger partial charge >= 0.3 is 0 Å². The number of rotatable bonds is 4. The number of thiocarbonyl (C=S) groups is 1. The molecule has 1 rings (SSSR count). The Hall–Kier alpha value is -1.49. The first-order valence-corrected chi connectivity index (χ1v) is 5.63. The number of hydrogen-bond acceptors (Lipinski definition) is 3. The molecule has 0 saturated heterocycles. The fraction of sp³-hybridized carbons (Fsp3) is 0.364. The van der Waals surface area contributed by atoms with Crippen molar-refractivity contribution < 1.29 is 0 Å². The Balaban J connectivity index is 2.48. The molecule has 1 aromatic rings. The largest absolute Gasteiger partial charge is 0.361 e. The Kier molecular flexibility index (Phi) is 5.42. The van der Waals surface area contributed by atoms with Gasteiger partial charge in [0.15, 0.2) is 5.11 Å². The van der Waals surface area contributed by atoms with Crippen LogP contribution in [0, 0.1) is 0 Å². The second-order valence-corrected chi connectivity index (χ2v) is 3.71. The lowest BCUT2D eigenvalue weighted by atomic mass is 10.2. The van der Waals surface area contributed by atoms with Crippen LogP contribution in [0.3, 0.4) is 0 Å². The molecule has 86 valence electrons. The maximum Gasteiger partial charge on any atom is 0.186 e. The fourth-order valence-electron chi connectivity index (χ4n) is 1.07. The van der Waals surface area contributed by atoms with Gasteiger partial charge in [0, 0.05) is 24.5 Å². The lowest BCUT2D eigenvalue weighted by Gasteiger charge is -2.06. The third-order valence-corrected chi connectivity index (χ3v) is 2.19. The predicted octanol–water partition coefficient (Wildman–Crippen LogP) is 1.68. The summed E-state index contributed by atoms with van der Waals surface area (Å²) >= 11 is 5.05. The van der Waals surface area contributed by atoms with Crippen LogP contribution in [0.5, 0.6) is 0 Å². The molecule has 0 fully saturated rings. The lowest BCUT2D eigenvalue weighted by molar-refractivity contribution is 0.816. The van der Waals surface area contributed by atoms with Crippen molar-refractivity contribution in [3.05, 3.63) is 30.1 Å². The molecule has 2 N–H and O–H groups in total. The van der Waals surface area contributed by atoms with Gasteiger partial charge in [0.1, 0.15) is 0 Å². The van der Waals surface area contributed by atoms with Gasteiger partial charge in [-0.1, -0.05) is 6.92 Å². The van der Waals surface area contributed by atoms with Crippen LogP contribution < -0.4 is 10.7 Å². The van der Waals surface area contributed by atoms with E-state index in [-0.39, 0.29) is 0 Å². The SMILES string of the molecule is CCCNC(=S)N/N=C(\C)c1ccncc1. The molecule has 0 spiro atoms. The van der Waals surface area contributed by atoms with E-state index < -0.39 is 0 Å². The van der Waals surface area contributed by atoms with Crippen molar-refractivity contribution >= 4 is 23.0 Å². The summed E-state index contributed by atoms with van der Waals surface area (Å²) in [6, 6.07) is 3.81. The van der Waals surface area contributed by atoms with E-state index in [9.17, 15) is 0 Å². The smallest absolute Gasteiger partial charge is 0.186 e. The second kappa shape index (κ2) is 6.90. The van der Waals surface area contributed by atoms with E-state index >= 15 is 0 Å². The molecule has 0 radical (unpaired) electrons. The van der Waals surface area contributed by atoms with Crippen LogP contribution in [-0.2, 0) is 0 Å². The Morgan fingerprint density at radius 1 is 1.44 bits per heavy atom. The minimum Gasteiger partial charge on any atom is -0.361 e. The van der Waals surface area contributed by atoms with Gasteiger partial charge in [-0.15, -0.1) is 0 Å². The zero-order valence-electron chi connectivity index (χ0n) is 9.53. The van der Waals surface area contributed by atoms with E-state index in [0.717, 1.165) is 24.2 Å². The van der Waals surface area contributed by atoms with Gasteiger partial charge in [-0.05, 0) is 37.7 Å². The summed E-state index contributed by atoms with van der Waals surface area (Å²) in [7, 11) is 0. The number of nitrogens with zero attached hydrogens (tertiary/aromatic N) is 2. The maximum absolute atomic E-state index is 5.05. The molecule has 5 heteroatoms. The van der Waals surface area contributed by atoms with Gasteiger partial charge in [0.2, 0.25) is 0 Å². The zero-order chi connectivity index (χ0) is 11.8. The minimum absolute atomic E-state index is 0.551. The van der Waals surface area contributed by atoms with Gasteiger partial charge in [-0.25, -0.2) is 0 Å². The zero-order valence-corrected chi connectivity index (χ0v) is 10.3. The number of hydrogen-bond donors (Lipinski definition) is 2. The first kappa shape index (κ1) is 12.6. The van der Waals surface area contributed by atoms with Crippen molar-refractivity contribution in [3.8, 4) is 0 Å². The van der Waals surface area contributed by atoms with Crippen LogP contribution in [0.1, 0.15) is 25.8 Å². The normalized spacial score (nSPS) is 11.0. The summed E-state index contributed by atoms with van der Waals surface area (Å²) in [5, 5.41) is 7.77. The molecule has 0 amide bonds. The number of aromatic nitrogens is 1. The first-order valence-electron chi connectivity index (χ1n) is 5.22. The van der Waals surface area contributed by atoms with Crippen molar-refractivity contribution in [2.45, 2.75) is 20.3 Å². The van der Waals surface area contributed by atoms with E-state index in [1.165, 1.54) is 0 Å². The molecule has 0 aromatic carbocycles. The number of hydrazone groups is 1. The third kappa shape index (κ3) is 4.35. The Labute approximate surface area is 101 Å². The monoisotopic (exact) mass is 236 g/mol.